The van der Waals surface area contributed by atoms with Crippen molar-refractivity contribution in [3.05, 3.63) is 0 Å². The molecule has 0 aromatic carbocycles. The SMILES string of the molecule is CC12P=P1=P2=O. The van der Waals surface area contributed by atoms with E-state index in [1.807, 2.05) is 0 Å². The highest BCUT2D eigenvalue weighted by Gasteiger charge is 2.55. The van der Waals surface area contributed by atoms with Crippen LogP contribution in [-0.2, 0) is 4.57 Å². The summed E-state index contributed by atoms with van der Waals surface area (Å²) in [6, 6.07) is 0. The fourth-order valence-electron chi connectivity index (χ4n) is 0.451. The zero-order valence-electron chi connectivity index (χ0n) is 3.25. The molecule has 4 heteroatoms. The molecule has 6 heavy (non-hydrogen) atoms. The predicted molar refractivity (Wildman–Crippen MR) is 29.9 cm³/mol. The average molecular weight is 136 g/mol. The van der Waals surface area contributed by atoms with Crippen LogP contribution in [0.5, 0.6) is 0 Å². The lowest BCUT2D eigenvalue weighted by Gasteiger charge is -1.72. The second kappa shape index (κ2) is 0.671. The fourth-order valence-corrected chi connectivity index (χ4v) is 11.8. The van der Waals surface area contributed by atoms with Gasteiger partial charge in [0.1, 0.15) is 11.7 Å². The van der Waals surface area contributed by atoms with Gasteiger partial charge in [-0.3, -0.25) is 4.57 Å². The van der Waals surface area contributed by atoms with Gasteiger partial charge < -0.3 is 0 Å². The van der Waals surface area contributed by atoms with Crippen molar-refractivity contribution >= 4 is 21.5 Å². The summed E-state index contributed by atoms with van der Waals surface area (Å²) in [4.78, 5) is 0. The molecule has 0 aromatic rings. The van der Waals surface area contributed by atoms with Crippen LogP contribution in [0.15, 0.2) is 0 Å². The van der Waals surface area contributed by atoms with Crippen LogP contribution in [0.4, 0.5) is 0 Å². The van der Waals surface area contributed by atoms with Gasteiger partial charge in [0, 0.05) is 0 Å². The Balaban J connectivity index is 2.91. The Morgan fingerprint density at radius 1 is 1.83 bits per heavy atom. The van der Waals surface area contributed by atoms with Crippen molar-refractivity contribution in [2.75, 3.05) is 0 Å². The Morgan fingerprint density at radius 3 is 2.17 bits per heavy atom. The van der Waals surface area contributed by atoms with E-state index < -0.39 is 7.09 Å². The van der Waals surface area contributed by atoms with Crippen LogP contribution in [-0.4, -0.2) is 4.64 Å². The first-order valence-corrected chi connectivity index (χ1v) is 6.66. The molecule has 2 heterocycles. The standard InChI is InChI=1S/C2H3OP3/c1-2-4-6(2)5(2)3/h1H3. The third-order valence-electron chi connectivity index (χ3n) is 1.12. The monoisotopic (exact) mass is 136 g/mol. The Kier molecular flexibility index (Phi) is 0.411. The molecular weight excluding hydrogens is 133 g/mol. The summed E-state index contributed by atoms with van der Waals surface area (Å²) >= 11 is 0. The minimum absolute atomic E-state index is 0.135. The zero-order chi connectivity index (χ0) is 4.36. The van der Waals surface area contributed by atoms with E-state index in [1.165, 1.54) is 7.87 Å². The molecule has 2 aliphatic rings. The van der Waals surface area contributed by atoms with E-state index in [2.05, 4.69) is 6.92 Å². The molecule has 32 valence electrons. The number of fused-ring (bicyclic) bond motifs is 1. The molecule has 0 spiro atoms. The summed E-state index contributed by atoms with van der Waals surface area (Å²) in [5, 5.41) is 0. The molecule has 0 bridgehead atoms. The van der Waals surface area contributed by atoms with Gasteiger partial charge in [0.05, 0.1) is 0 Å². The summed E-state index contributed by atoms with van der Waals surface area (Å²) in [5.74, 6) is 0. The summed E-state index contributed by atoms with van der Waals surface area (Å²) in [5.41, 5.74) is 0. The third-order valence-corrected chi connectivity index (χ3v) is 15.0. The molecule has 0 saturated carbocycles. The summed E-state index contributed by atoms with van der Waals surface area (Å²) in [6.07, 6.45) is 0. The van der Waals surface area contributed by atoms with Gasteiger partial charge in [0.15, 0.2) is 0 Å². The first-order valence-electron chi connectivity index (χ1n) is 1.75. The Bertz CT molecular complexity index is 232. The molecule has 3 atom stereocenters. The van der Waals surface area contributed by atoms with Crippen molar-refractivity contribution in [3.63, 3.8) is 0 Å². The van der Waals surface area contributed by atoms with Gasteiger partial charge in [-0.05, 0) is 21.3 Å². The van der Waals surface area contributed by atoms with Crippen LogP contribution in [0.2, 0.25) is 0 Å². The molecule has 1 nitrogen and oxygen atoms in total. The molecule has 0 amide bonds. The second-order valence-electron chi connectivity index (χ2n) is 1.63. The molecule has 2 aliphatic heterocycles. The largest absolute Gasteiger partial charge is 0.276 e. The molecule has 0 saturated heterocycles. The van der Waals surface area contributed by atoms with E-state index >= 15 is 0 Å². The molecular formula is C2H3OP3. The highest BCUT2D eigenvalue weighted by Crippen LogP contribution is 2.96. The molecule has 0 aromatic heterocycles. The van der Waals surface area contributed by atoms with Crippen LogP contribution in [0.3, 0.4) is 0 Å². The molecule has 0 fully saturated rings. The van der Waals surface area contributed by atoms with Crippen molar-refractivity contribution in [1.29, 1.82) is 0 Å². The Hall–Kier alpha value is 0.700. The highest BCUT2D eigenvalue weighted by molar-refractivity contribution is 8.47. The number of rotatable bonds is 0. The normalized spacial score (nSPS) is 62.2. The lowest BCUT2D eigenvalue weighted by atomic mass is 10.9. The van der Waals surface area contributed by atoms with E-state index in [0.717, 1.165) is 0 Å². The Morgan fingerprint density at radius 2 is 2.17 bits per heavy atom. The maximum Gasteiger partial charge on any atom is 0.145 e. The lowest BCUT2D eigenvalue weighted by Crippen LogP contribution is -1.68. The first kappa shape index (κ1) is 3.67. The minimum Gasteiger partial charge on any atom is -0.276 e. The summed E-state index contributed by atoms with van der Waals surface area (Å²) in [7, 11) is 0.901. The summed E-state index contributed by atoms with van der Waals surface area (Å²) in [6.45, 7) is 2.26. The van der Waals surface area contributed by atoms with Crippen molar-refractivity contribution in [2.45, 2.75) is 11.6 Å². The maximum atomic E-state index is 10.4. The quantitative estimate of drug-likeness (QED) is 0.468. The molecule has 0 radical (unpaired) electrons. The first-order chi connectivity index (χ1) is 2.75. The van der Waals surface area contributed by atoms with Gasteiger partial charge >= 0.3 is 0 Å². The van der Waals surface area contributed by atoms with Crippen molar-refractivity contribution in [1.82, 2.24) is 0 Å². The van der Waals surface area contributed by atoms with Crippen LogP contribution >= 0.6 is 21.5 Å². The predicted octanol–water partition coefficient (Wildman–Crippen LogP) is 2.77. The zero-order valence-corrected chi connectivity index (χ0v) is 5.93. The van der Waals surface area contributed by atoms with Crippen LogP contribution in [0.1, 0.15) is 6.92 Å². The molecule has 0 aliphatic carbocycles. The molecule has 2 rings (SSSR count). The van der Waals surface area contributed by atoms with E-state index in [0.29, 0.717) is 4.64 Å². The van der Waals surface area contributed by atoms with Gasteiger partial charge in [-0.2, -0.15) is 0 Å². The van der Waals surface area contributed by atoms with Gasteiger partial charge in [-0.25, -0.2) is 0 Å². The topological polar surface area (TPSA) is 17.1 Å². The number of hydrogen-bond acceptors (Lipinski definition) is 1. The molecule has 3 unspecified atom stereocenters. The van der Waals surface area contributed by atoms with Crippen molar-refractivity contribution in [3.8, 4) is 0 Å². The molecule has 0 N–H and O–H groups in total. The fraction of sp³-hybridized carbons (Fsp3) is 1.00. The van der Waals surface area contributed by atoms with Gasteiger partial charge in [-0.15, -0.1) is 0 Å². The smallest absolute Gasteiger partial charge is 0.145 e. The van der Waals surface area contributed by atoms with Crippen molar-refractivity contribution < 1.29 is 4.57 Å². The number of hydrogen-bond donors (Lipinski definition) is 0. The van der Waals surface area contributed by atoms with Gasteiger partial charge in [0.2, 0.25) is 0 Å². The van der Waals surface area contributed by atoms with Gasteiger partial charge in [-0.1, -0.05) is 0 Å². The van der Waals surface area contributed by atoms with E-state index in [9.17, 15) is 4.57 Å². The van der Waals surface area contributed by atoms with E-state index in [1.54, 1.807) is 0 Å². The lowest BCUT2D eigenvalue weighted by molar-refractivity contribution is 0.598. The van der Waals surface area contributed by atoms with Crippen LogP contribution in [0, 0.1) is 0 Å². The maximum absolute atomic E-state index is 10.4. The Labute approximate surface area is 38.4 Å². The van der Waals surface area contributed by atoms with Gasteiger partial charge in [0.25, 0.3) is 0 Å². The van der Waals surface area contributed by atoms with E-state index in [-0.39, 0.29) is 6.50 Å². The second-order valence-corrected chi connectivity index (χ2v) is 11.7. The van der Waals surface area contributed by atoms with Crippen molar-refractivity contribution in [2.24, 2.45) is 0 Å². The highest BCUT2D eigenvalue weighted by atomic mass is 32.1. The minimum atomic E-state index is -0.614. The van der Waals surface area contributed by atoms with E-state index in [4.69, 9.17) is 0 Å². The van der Waals surface area contributed by atoms with Crippen LogP contribution < -0.4 is 0 Å². The summed E-state index contributed by atoms with van der Waals surface area (Å²) < 4.78 is 10.8. The average Bonchev–Trinajstić information content (AvgIpc) is 2.24. The third kappa shape index (κ3) is 0.205. The van der Waals surface area contributed by atoms with Crippen LogP contribution in [0.25, 0.3) is 0 Å².